The summed E-state index contributed by atoms with van der Waals surface area (Å²) in [6.07, 6.45) is 4.01. The van der Waals surface area contributed by atoms with Crippen LogP contribution in [0, 0.1) is 5.41 Å². The molecule has 1 heterocycles. The van der Waals surface area contributed by atoms with Gasteiger partial charge in [0.05, 0.1) is 0 Å². The van der Waals surface area contributed by atoms with Crippen LogP contribution in [0.4, 0.5) is 0 Å². The van der Waals surface area contributed by atoms with Gasteiger partial charge >= 0.3 is 0 Å². The first kappa shape index (κ1) is 11.4. The molecule has 1 saturated heterocycles. The van der Waals surface area contributed by atoms with Gasteiger partial charge in [0, 0.05) is 45.9 Å². The molecule has 1 unspecified atom stereocenters. The van der Waals surface area contributed by atoms with Gasteiger partial charge in [-0.1, -0.05) is 0 Å². The van der Waals surface area contributed by atoms with Gasteiger partial charge in [0.2, 0.25) is 0 Å². The molecule has 0 bridgehead atoms. The number of hydrogen-bond donors (Lipinski definition) is 1. The second kappa shape index (κ2) is 4.81. The van der Waals surface area contributed by atoms with E-state index in [2.05, 4.69) is 17.1 Å². The number of nitrogens with zero attached hydrogens (tertiary/aromatic N) is 1. The molecular weight excluding hydrogens is 188 g/mol. The minimum atomic E-state index is 0.637. The third kappa shape index (κ3) is 3.16. The summed E-state index contributed by atoms with van der Waals surface area (Å²) in [6.45, 7) is 8.12. The zero-order valence-corrected chi connectivity index (χ0v) is 10.1. The average Bonchev–Trinajstić information content (AvgIpc) is 2.97. The Bertz CT molecular complexity index is 204. The molecular formula is C12H24N2O. The summed E-state index contributed by atoms with van der Waals surface area (Å²) in [5.41, 5.74) is 0.637. The van der Waals surface area contributed by atoms with Crippen LogP contribution < -0.4 is 5.32 Å². The van der Waals surface area contributed by atoms with E-state index in [0.29, 0.717) is 11.5 Å². The van der Waals surface area contributed by atoms with Crippen LogP contribution in [-0.2, 0) is 4.74 Å². The van der Waals surface area contributed by atoms with Crippen molar-refractivity contribution in [1.29, 1.82) is 0 Å². The maximum atomic E-state index is 5.12. The lowest BCUT2D eigenvalue weighted by molar-refractivity contribution is 0.164. The molecule has 1 atom stereocenters. The van der Waals surface area contributed by atoms with Crippen molar-refractivity contribution >= 4 is 0 Å². The van der Waals surface area contributed by atoms with Crippen molar-refractivity contribution in [2.24, 2.45) is 5.41 Å². The Labute approximate surface area is 93.2 Å². The molecule has 1 spiro atoms. The van der Waals surface area contributed by atoms with Crippen molar-refractivity contribution in [2.45, 2.75) is 32.2 Å². The van der Waals surface area contributed by atoms with Gasteiger partial charge in [0.15, 0.2) is 0 Å². The maximum absolute atomic E-state index is 5.12. The Hall–Kier alpha value is -0.120. The van der Waals surface area contributed by atoms with Gasteiger partial charge in [-0.2, -0.15) is 0 Å². The van der Waals surface area contributed by atoms with Crippen LogP contribution in [0.15, 0.2) is 0 Å². The predicted octanol–water partition coefficient (Wildman–Crippen LogP) is 1.10. The van der Waals surface area contributed by atoms with E-state index >= 15 is 0 Å². The lowest BCUT2D eigenvalue weighted by Crippen LogP contribution is -2.36. The lowest BCUT2D eigenvalue weighted by Gasteiger charge is -2.24. The molecule has 0 aromatic heterocycles. The van der Waals surface area contributed by atoms with Crippen molar-refractivity contribution in [3.05, 3.63) is 0 Å². The standard InChI is InChI=1S/C12H24N2O/c1-11-8-14(6-3-7-15-2)10-12(4-5-12)9-13-11/h11,13H,3-10H2,1-2H3. The van der Waals surface area contributed by atoms with Crippen LogP contribution in [0.2, 0.25) is 0 Å². The second-order valence-electron chi connectivity index (χ2n) is 5.36. The first-order valence-electron chi connectivity index (χ1n) is 6.19. The molecule has 2 rings (SSSR count). The Morgan fingerprint density at radius 2 is 2.27 bits per heavy atom. The van der Waals surface area contributed by atoms with E-state index < -0.39 is 0 Å². The molecule has 2 fully saturated rings. The first-order chi connectivity index (χ1) is 7.24. The fourth-order valence-electron chi connectivity index (χ4n) is 2.55. The van der Waals surface area contributed by atoms with E-state index in [-0.39, 0.29) is 0 Å². The van der Waals surface area contributed by atoms with E-state index in [1.807, 2.05) is 0 Å². The molecule has 1 N–H and O–H groups in total. The van der Waals surface area contributed by atoms with Crippen molar-refractivity contribution in [3.63, 3.8) is 0 Å². The van der Waals surface area contributed by atoms with E-state index in [9.17, 15) is 0 Å². The second-order valence-corrected chi connectivity index (χ2v) is 5.36. The number of methoxy groups -OCH3 is 1. The van der Waals surface area contributed by atoms with Crippen molar-refractivity contribution in [2.75, 3.05) is 39.9 Å². The lowest BCUT2D eigenvalue weighted by atomic mass is 10.1. The third-order valence-electron chi connectivity index (χ3n) is 3.70. The van der Waals surface area contributed by atoms with Gasteiger partial charge in [-0.05, 0) is 31.6 Å². The van der Waals surface area contributed by atoms with Crippen LogP contribution in [0.5, 0.6) is 0 Å². The molecule has 1 aliphatic heterocycles. The monoisotopic (exact) mass is 212 g/mol. The fourth-order valence-corrected chi connectivity index (χ4v) is 2.55. The first-order valence-corrected chi connectivity index (χ1v) is 6.19. The number of nitrogens with one attached hydrogen (secondary N) is 1. The van der Waals surface area contributed by atoms with E-state index in [1.165, 1.54) is 45.4 Å². The summed E-state index contributed by atoms with van der Waals surface area (Å²) in [7, 11) is 1.79. The minimum Gasteiger partial charge on any atom is -0.385 e. The third-order valence-corrected chi connectivity index (χ3v) is 3.70. The summed E-state index contributed by atoms with van der Waals surface area (Å²) < 4.78 is 5.12. The normalized spacial score (nSPS) is 30.4. The summed E-state index contributed by atoms with van der Waals surface area (Å²) in [4.78, 5) is 2.62. The Morgan fingerprint density at radius 3 is 2.93 bits per heavy atom. The minimum absolute atomic E-state index is 0.637. The van der Waals surface area contributed by atoms with E-state index in [4.69, 9.17) is 4.74 Å². The SMILES string of the molecule is COCCCN1CC(C)NCC2(CC2)C1. The van der Waals surface area contributed by atoms with Crippen molar-refractivity contribution in [1.82, 2.24) is 10.2 Å². The van der Waals surface area contributed by atoms with Gasteiger partial charge < -0.3 is 15.0 Å². The molecule has 3 heteroatoms. The van der Waals surface area contributed by atoms with Crippen molar-refractivity contribution in [3.8, 4) is 0 Å². The van der Waals surface area contributed by atoms with E-state index in [1.54, 1.807) is 7.11 Å². The largest absolute Gasteiger partial charge is 0.385 e. The Morgan fingerprint density at radius 1 is 1.47 bits per heavy atom. The number of ether oxygens (including phenoxy) is 1. The van der Waals surface area contributed by atoms with Gasteiger partial charge in [-0.3, -0.25) is 0 Å². The predicted molar refractivity (Wildman–Crippen MR) is 62.1 cm³/mol. The highest BCUT2D eigenvalue weighted by molar-refractivity contribution is 4.99. The van der Waals surface area contributed by atoms with Gasteiger partial charge in [-0.25, -0.2) is 0 Å². The van der Waals surface area contributed by atoms with Crippen LogP contribution in [0.25, 0.3) is 0 Å². The molecule has 3 nitrogen and oxygen atoms in total. The van der Waals surface area contributed by atoms with Gasteiger partial charge in [-0.15, -0.1) is 0 Å². The molecule has 88 valence electrons. The van der Waals surface area contributed by atoms with Crippen LogP contribution in [0.1, 0.15) is 26.2 Å². The quantitative estimate of drug-likeness (QED) is 0.706. The zero-order chi connectivity index (χ0) is 10.7. The molecule has 15 heavy (non-hydrogen) atoms. The summed E-state index contributed by atoms with van der Waals surface area (Å²) >= 11 is 0. The van der Waals surface area contributed by atoms with Crippen LogP contribution >= 0.6 is 0 Å². The molecule has 0 aromatic rings. The highest BCUT2D eigenvalue weighted by Gasteiger charge is 2.45. The number of hydrogen-bond acceptors (Lipinski definition) is 3. The maximum Gasteiger partial charge on any atom is 0.0474 e. The zero-order valence-electron chi connectivity index (χ0n) is 10.1. The summed E-state index contributed by atoms with van der Waals surface area (Å²) in [5, 5.41) is 3.64. The Kier molecular flexibility index (Phi) is 3.65. The molecule has 2 aliphatic rings. The Balaban J connectivity index is 1.80. The topological polar surface area (TPSA) is 24.5 Å². The number of rotatable bonds is 4. The van der Waals surface area contributed by atoms with Gasteiger partial charge in [0.25, 0.3) is 0 Å². The van der Waals surface area contributed by atoms with Gasteiger partial charge in [0.1, 0.15) is 0 Å². The highest BCUT2D eigenvalue weighted by Crippen LogP contribution is 2.46. The molecule has 1 saturated carbocycles. The van der Waals surface area contributed by atoms with Crippen LogP contribution in [0.3, 0.4) is 0 Å². The summed E-state index contributed by atoms with van der Waals surface area (Å²) in [6, 6.07) is 0.646. The molecule has 0 radical (unpaired) electrons. The molecule has 0 amide bonds. The molecule has 0 aromatic carbocycles. The van der Waals surface area contributed by atoms with Crippen molar-refractivity contribution < 1.29 is 4.74 Å². The summed E-state index contributed by atoms with van der Waals surface area (Å²) in [5.74, 6) is 0. The average molecular weight is 212 g/mol. The smallest absolute Gasteiger partial charge is 0.0474 e. The highest BCUT2D eigenvalue weighted by atomic mass is 16.5. The van der Waals surface area contributed by atoms with Crippen LogP contribution in [-0.4, -0.2) is 50.8 Å². The molecule has 1 aliphatic carbocycles. The fraction of sp³-hybridized carbons (Fsp3) is 1.00. The van der Waals surface area contributed by atoms with E-state index in [0.717, 1.165) is 6.61 Å².